The van der Waals surface area contributed by atoms with E-state index in [1.54, 1.807) is 6.07 Å². The lowest BCUT2D eigenvalue weighted by Gasteiger charge is -2.11. The van der Waals surface area contributed by atoms with Gasteiger partial charge >= 0.3 is 0 Å². The molecule has 1 unspecified atom stereocenters. The fourth-order valence-electron chi connectivity index (χ4n) is 2.26. The lowest BCUT2D eigenvalue weighted by molar-refractivity contribution is -0.384. The molecule has 1 atom stereocenters. The van der Waals surface area contributed by atoms with Crippen LogP contribution in [0.2, 0.25) is 0 Å². The van der Waals surface area contributed by atoms with E-state index in [4.69, 9.17) is 4.74 Å². The van der Waals surface area contributed by atoms with Crippen LogP contribution in [0.15, 0.2) is 48.5 Å². The van der Waals surface area contributed by atoms with E-state index in [9.17, 15) is 15.2 Å². The Bertz CT molecular complexity index is 894. The van der Waals surface area contributed by atoms with Crippen LogP contribution in [0.3, 0.4) is 0 Å². The summed E-state index contributed by atoms with van der Waals surface area (Å²) in [4.78, 5) is 11.5. The van der Waals surface area contributed by atoms with Crippen LogP contribution in [0.25, 0.3) is 11.4 Å². The molecule has 9 nitrogen and oxygen atoms in total. The molecule has 0 fully saturated rings. The van der Waals surface area contributed by atoms with Crippen molar-refractivity contribution in [1.82, 2.24) is 20.2 Å². The molecule has 0 spiro atoms. The second-order valence-corrected chi connectivity index (χ2v) is 5.75. The molecule has 1 heterocycles. The molecule has 1 aromatic heterocycles. The highest BCUT2D eigenvalue weighted by atomic mass is 16.6. The quantitative estimate of drug-likeness (QED) is 0.509. The number of aryl methyl sites for hydroxylation is 1. The first-order chi connectivity index (χ1) is 12.5. The van der Waals surface area contributed by atoms with Crippen LogP contribution in [0.5, 0.6) is 5.75 Å². The fourth-order valence-corrected chi connectivity index (χ4v) is 2.26. The van der Waals surface area contributed by atoms with Crippen LogP contribution < -0.4 is 4.74 Å². The molecule has 0 bridgehead atoms. The molecule has 0 aliphatic rings. The van der Waals surface area contributed by atoms with Crippen molar-refractivity contribution < 1.29 is 14.8 Å². The van der Waals surface area contributed by atoms with Gasteiger partial charge in [0, 0.05) is 11.6 Å². The van der Waals surface area contributed by atoms with E-state index in [1.807, 2.05) is 31.2 Å². The maximum atomic E-state index is 10.7. The number of ether oxygens (including phenoxy) is 1. The molecule has 0 aliphatic heterocycles. The average molecular weight is 355 g/mol. The smallest absolute Gasteiger partial charge is 0.273 e. The number of rotatable bonds is 7. The molecule has 1 N–H and O–H groups in total. The Hall–Kier alpha value is -3.33. The zero-order chi connectivity index (χ0) is 18.5. The Labute approximate surface area is 149 Å². The van der Waals surface area contributed by atoms with Gasteiger partial charge in [-0.1, -0.05) is 35.9 Å². The minimum absolute atomic E-state index is 0.0530. The molecular formula is C17H17N5O4. The summed E-state index contributed by atoms with van der Waals surface area (Å²) in [6, 6.07) is 13.5. The van der Waals surface area contributed by atoms with Gasteiger partial charge in [-0.05, 0) is 18.2 Å². The molecular weight excluding hydrogens is 338 g/mol. The second kappa shape index (κ2) is 7.70. The summed E-state index contributed by atoms with van der Waals surface area (Å²) in [5.41, 5.74) is 1.90. The molecule has 0 radical (unpaired) electrons. The van der Waals surface area contributed by atoms with Gasteiger partial charge in [0.05, 0.1) is 17.5 Å². The Morgan fingerprint density at radius 3 is 2.77 bits per heavy atom. The summed E-state index contributed by atoms with van der Waals surface area (Å²) in [6.45, 7) is 2.03. The van der Waals surface area contributed by atoms with E-state index in [1.165, 1.54) is 23.0 Å². The molecule has 0 amide bonds. The van der Waals surface area contributed by atoms with E-state index in [-0.39, 0.29) is 18.8 Å². The van der Waals surface area contributed by atoms with Gasteiger partial charge in [0.2, 0.25) is 5.82 Å². The van der Waals surface area contributed by atoms with E-state index >= 15 is 0 Å². The molecule has 26 heavy (non-hydrogen) atoms. The number of aliphatic hydroxyl groups is 1. The molecule has 3 rings (SSSR count). The Morgan fingerprint density at radius 2 is 2.04 bits per heavy atom. The normalized spacial score (nSPS) is 11.9. The van der Waals surface area contributed by atoms with Gasteiger partial charge < -0.3 is 9.84 Å². The zero-order valence-electron chi connectivity index (χ0n) is 14.0. The topological polar surface area (TPSA) is 116 Å². The number of nitro benzene ring substituents is 1. The lowest BCUT2D eigenvalue weighted by atomic mass is 10.1. The zero-order valence-corrected chi connectivity index (χ0v) is 14.0. The van der Waals surface area contributed by atoms with Crippen LogP contribution in [0.1, 0.15) is 5.56 Å². The number of hydrogen-bond donors (Lipinski definition) is 1. The maximum absolute atomic E-state index is 10.7. The number of nitro groups is 1. The van der Waals surface area contributed by atoms with Crippen molar-refractivity contribution in [2.75, 3.05) is 6.61 Å². The van der Waals surface area contributed by atoms with Crippen molar-refractivity contribution >= 4 is 5.69 Å². The van der Waals surface area contributed by atoms with Crippen molar-refractivity contribution in [2.45, 2.75) is 19.6 Å². The van der Waals surface area contributed by atoms with Gasteiger partial charge in [-0.25, -0.2) is 0 Å². The monoisotopic (exact) mass is 355 g/mol. The molecule has 9 heteroatoms. The van der Waals surface area contributed by atoms with Gasteiger partial charge in [-0.3, -0.25) is 10.1 Å². The first kappa shape index (κ1) is 17.5. The minimum atomic E-state index is -0.894. The molecule has 2 aromatic carbocycles. The summed E-state index contributed by atoms with van der Waals surface area (Å²) in [6.07, 6.45) is -0.894. The standard InChI is InChI=1S/C17H17N5O4/c1-12-5-7-13(8-6-12)17-18-20-21(19-17)10-15(23)11-26-16-4-2-3-14(9-16)22(24)25/h2-9,15,23H,10-11H2,1H3. The number of tetrazole rings is 1. The molecule has 0 aliphatic carbocycles. The van der Waals surface area contributed by atoms with E-state index in [2.05, 4.69) is 15.4 Å². The highest BCUT2D eigenvalue weighted by Gasteiger charge is 2.12. The summed E-state index contributed by atoms with van der Waals surface area (Å²) in [5.74, 6) is 0.780. The van der Waals surface area contributed by atoms with Crippen molar-refractivity contribution in [3.05, 3.63) is 64.2 Å². The Morgan fingerprint density at radius 1 is 1.27 bits per heavy atom. The number of non-ortho nitro benzene ring substituents is 1. The number of nitrogens with zero attached hydrogens (tertiary/aromatic N) is 5. The first-order valence-electron chi connectivity index (χ1n) is 7.91. The van der Waals surface area contributed by atoms with Crippen LogP contribution >= 0.6 is 0 Å². The van der Waals surface area contributed by atoms with Crippen molar-refractivity contribution in [3.63, 3.8) is 0 Å². The van der Waals surface area contributed by atoms with Crippen LogP contribution in [-0.4, -0.2) is 42.9 Å². The summed E-state index contributed by atoms with van der Waals surface area (Å²) < 4.78 is 5.39. The number of aromatic nitrogens is 4. The highest BCUT2D eigenvalue weighted by Crippen LogP contribution is 2.19. The summed E-state index contributed by atoms with van der Waals surface area (Å²) >= 11 is 0. The van der Waals surface area contributed by atoms with Gasteiger partial charge in [0.15, 0.2) is 0 Å². The number of aliphatic hydroxyl groups excluding tert-OH is 1. The van der Waals surface area contributed by atoms with Gasteiger partial charge in [0.25, 0.3) is 5.69 Å². The highest BCUT2D eigenvalue weighted by molar-refractivity contribution is 5.53. The third-order valence-corrected chi connectivity index (χ3v) is 3.61. The SMILES string of the molecule is Cc1ccc(-c2nnn(CC(O)COc3cccc([N+](=O)[O-])c3)n2)cc1. The minimum Gasteiger partial charge on any atom is -0.491 e. The Balaban J connectivity index is 1.57. The predicted molar refractivity (Wildman–Crippen MR) is 92.6 cm³/mol. The van der Waals surface area contributed by atoms with Gasteiger partial charge in [0.1, 0.15) is 18.5 Å². The predicted octanol–water partition coefficient (Wildman–Crippen LogP) is 2.00. The van der Waals surface area contributed by atoms with E-state index in [0.29, 0.717) is 11.6 Å². The first-order valence-corrected chi connectivity index (χ1v) is 7.91. The van der Waals surface area contributed by atoms with E-state index in [0.717, 1.165) is 11.1 Å². The van der Waals surface area contributed by atoms with Crippen molar-refractivity contribution in [3.8, 4) is 17.1 Å². The molecule has 134 valence electrons. The largest absolute Gasteiger partial charge is 0.491 e. The van der Waals surface area contributed by atoms with Crippen LogP contribution in [-0.2, 0) is 6.54 Å². The van der Waals surface area contributed by atoms with Crippen molar-refractivity contribution in [2.24, 2.45) is 0 Å². The number of benzene rings is 2. The van der Waals surface area contributed by atoms with Crippen molar-refractivity contribution in [1.29, 1.82) is 0 Å². The van der Waals surface area contributed by atoms with Gasteiger partial charge in [-0.15, -0.1) is 10.2 Å². The lowest BCUT2D eigenvalue weighted by Crippen LogP contribution is -2.25. The molecule has 0 saturated carbocycles. The number of hydrogen-bond acceptors (Lipinski definition) is 7. The molecule has 0 saturated heterocycles. The third kappa shape index (κ3) is 4.39. The third-order valence-electron chi connectivity index (χ3n) is 3.61. The summed E-state index contributed by atoms with van der Waals surface area (Å²) in [7, 11) is 0. The second-order valence-electron chi connectivity index (χ2n) is 5.75. The average Bonchev–Trinajstić information content (AvgIpc) is 3.09. The maximum Gasteiger partial charge on any atom is 0.273 e. The molecule has 3 aromatic rings. The van der Waals surface area contributed by atoms with Crippen LogP contribution in [0, 0.1) is 17.0 Å². The van der Waals surface area contributed by atoms with E-state index < -0.39 is 11.0 Å². The van der Waals surface area contributed by atoms with Gasteiger partial charge in [-0.2, -0.15) is 4.80 Å². The van der Waals surface area contributed by atoms with Crippen LogP contribution in [0.4, 0.5) is 5.69 Å². The fraction of sp³-hybridized carbons (Fsp3) is 0.235. The summed E-state index contributed by atoms with van der Waals surface area (Å²) in [5, 5.41) is 32.9. The Kier molecular flexibility index (Phi) is 5.18.